The van der Waals surface area contributed by atoms with E-state index in [9.17, 15) is 0 Å². The maximum atomic E-state index is 4.82. The van der Waals surface area contributed by atoms with Crippen LogP contribution in [-0.4, -0.2) is 19.1 Å². The number of hydrogen-bond donors (Lipinski definition) is 0. The van der Waals surface area contributed by atoms with Crippen LogP contribution in [-0.2, 0) is 13.6 Å². The zero-order valence-corrected chi connectivity index (χ0v) is 13.7. The van der Waals surface area contributed by atoms with Gasteiger partial charge in [0.25, 0.3) is 0 Å². The molecule has 4 aromatic rings. The van der Waals surface area contributed by atoms with Gasteiger partial charge in [-0.25, -0.2) is 9.97 Å². The summed E-state index contributed by atoms with van der Waals surface area (Å²) in [5.74, 6) is 1.00. The third kappa shape index (κ3) is 2.13. The first-order valence-electron chi connectivity index (χ1n) is 8.06. The van der Waals surface area contributed by atoms with E-state index in [4.69, 9.17) is 4.98 Å². The largest absolute Gasteiger partial charge is 0.331 e. The van der Waals surface area contributed by atoms with Crippen LogP contribution in [0.5, 0.6) is 0 Å². The number of benzene rings is 2. The fourth-order valence-electron chi connectivity index (χ4n) is 3.29. The van der Waals surface area contributed by atoms with Gasteiger partial charge in [-0.2, -0.15) is 0 Å². The molecule has 0 saturated carbocycles. The second kappa shape index (κ2) is 5.23. The standard InChI is InChI=1S/C19H20N4/c1-4-9-23-12-20-18-13(2)10-14(11-17(18)23)19-21-15-7-5-6-8-16(15)22(19)3/h5-8,10-12H,4,9H2,1-3H3. The van der Waals surface area contributed by atoms with Crippen LogP contribution in [0.2, 0.25) is 0 Å². The van der Waals surface area contributed by atoms with E-state index in [0.717, 1.165) is 40.9 Å². The Balaban J connectivity index is 1.97. The highest BCUT2D eigenvalue weighted by atomic mass is 15.1. The zero-order chi connectivity index (χ0) is 16.0. The average molecular weight is 304 g/mol. The summed E-state index contributed by atoms with van der Waals surface area (Å²) in [6.45, 7) is 5.30. The molecule has 4 rings (SSSR count). The lowest BCUT2D eigenvalue weighted by molar-refractivity contribution is 0.697. The molecular formula is C19H20N4. The number of hydrogen-bond acceptors (Lipinski definition) is 2. The number of aryl methyl sites for hydroxylation is 3. The van der Waals surface area contributed by atoms with E-state index < -0.39 is 0 Å². The normalized spacial score (nSPS) is 11.6. The fourth-order valence-corrected chi connectivity index (χ4v) is 3.29. The highest BCUT2D eigenvalue weighted by Crippen LogP contribution is 2.28. The van der Waals surface area contributed by atoms with Crippen molar-refractivity contribution in [2.24, 2.45) is 7.05 Å². The molecule has 116 valence electrons. The molecule has 0 unspecified atom stereocenters. The number of aromatic nitrogens is 4. The molecule has 0 aliphatic rings. The van der Waals surface area contributed by atoms with E-state index in [2.05, 4.69) is 65.3 Å². The predicted molar refractivity (Wildman–Crippen MR) is 94.5 cm³/mol. The molecule has 0 bridgehead atoms. The third-order valence-electron chi connectivity index (χ3n) is 4.43. The summed E-state index contributed by atoms with van der Waals surface area (Å²) < 4.78 is 4.39. The first-order chi connectivity index (χ1) is 11.2. The molecule has 0 N–H and O–H groups in total. The monoisotopic (exact) mass is 304 g/mol. The Hall–Kier alpha value is -2.62. The molecule has 2 aromatic carbocycles. The number of nitrogens with zero attached hydrogens (tertiary/aromatic N) is 4. The van der Waals surface area contributed by atoms with Gasteiger partial charge in [-0.3, -0.25) is 0 Å². The third-order valence-corrected chi connectivity index (χ3v) is 4.43. The van der Waals surface area contributed by atoms with Crippen LogP contribution in [0.3, 0.4) is 0 Å². The van der Waals surface area contributed by atoms with Crippen molar-refractivity contribution in [3.8, 4) is 11.4 Å². The van der Waals surface area contributed by atoms with E-state index >= 15 is 0 Å². The number of para-hydroxylation sites is 2. The van der Waals surface area contributed by atoms with Gasteiger partial charge in [0.05, 0.1) is 28.4 Å². The van der Waals surface area contributed by atoms with Crippen LogP contribution in [0.1, 0.15) is 18.9 Å². The highest BCUT2D eigenvalue weighted by molar-refractivity contribution is 5.86. The van der Waals surface area contributed by atoms with Crippen LogP contribution < -0.4 is 0 Å². The molecule has 0 atom stereocenters. The Morgan fingerprint density at radius 3 is 2.70 bits per heavy atom. The minimum absolute atomic E-state index is 0.988. The first kappa shape index (κ1) is 14.0. The van der Waals surface area contributed by atoms with Gasteiger partial charge in [-0.05, 0) is 43.2 Å². The lowest BCUT2D eigenvalue weighted by atomic mass is 10.1. The van der Waals surface area contributed by atoms with Crippen molar-refractivity contribution < 1.29 is 0 Å². The highest BCUT2D eigenvalue weighted by Gasteiger charge is 2.13. The van der Waals surface area contributed by atoms with Crippen molar-refractivity contribution in [2.45, 2.75) is 26.8 Å². The van der Waals surface area contributed by atoms with Gasteiger partial charge in [0, 0.05) is 19.2 Å². The number of imidazole rings is 2. The Morgan fingerprint density at radius 2 is 1.91 bits per heavy atom. The van der Waals surface area contributed by atoms with E-state index in [0.29, 0.717) is 0 Å². The van der Waals surface area contributed by atoms with Crippen LogP contribution >= 0.6 is 0 Å². The van der Waals surface area contributed by atoms with Crippen LogP contribution in [0.25, 0.3) is 33.5 Å². The van der Waals surface area contributed by atoms with Crippen molar-refractivity contribution in [3.05, 3.63) is 48.3 Å². The SMILES string of the molecule is CCCn1cnc2c(C)cc(-c3nc4ccccc4n3C)cc21. The topological polar surface area (TPSA) is 35.6 Å². The molecular weight excluding hydrogens is 284 g/mol. The summed E-state index contributed by atoms with van der Waals surface area (Å²) in [5.41, 5.74) is 6.80. The minimum Gasteiger partial charge on any atom is -0.331 e. The molecule has 0 fully saturated rings. The van der Waals surface area contributed by atoms with Gasteiger partial charge in [-0.1, -0.05) is 19.1 Å². The molecule has 4 nitrogen and oxygen atoms in total. The van der Waals surface area contributed by atoms with Crippen molar-refractivity contribution in [2.75, 3.05) is 0 Å². The maximum Gasteiger partial charge on any atom is 0.140 e. The average Bonchev–Trinajstić information content (AvgIpc) is 3.11. The quantitative estimate of drug-likeness (QED) is 0.565. The van der Waals surface area contributed by atoms with Crippen molar-refractivity contribution >= 4 is 22.1 Å². The van der Waals surface area contributed by atoms with Gasteiger partial charge in [-0.15, -0.1) is 0 Å². The Kier molecular flexibility index (Phi) is 3.18. The van der Waals surface area contributed by atoms with Crippen LogP contribution in [0.4, 0.5) is 0 Å². The number of fused-ring (bicyclic) bond motifs is 2. The summed E-state index contributed by atoms with van der Waals surface area (Å²) in [5, 5.41) is 0. The molecule has 23 heavy (non-hydrogen) atoms. The van der Waals surface area contributed by atoms with Crippen LogP contribution in [0.15, 0.2) is 42.7 Å². The second-order valence-electron chi connectivity index (χ2n) is 6.08. The lowest BCUT2D eigenvalue weighted by Crippen LogP contribution is -1.96. The molecule has 2 heterocycles. The summed E-state index contributed by atoms with van der Waals surface area (Å²) in [7, 11) is 2.08. The Labute approximate surface area is 135 Å². The van der Waals surface area contributed by atoms with Gasteiger partial charge < -0.3 is 9.13 Å². The van der Waals surface area contributed by atoms with Crippen molar-refractivity contribution in [1.82, 2.24) is 19.1 Å². The summed E-state index contributed by atoms with van der Waals surface area (Å²) in [6.07, 6.45) is 3.04. The van der Waals surface area contributed by atoms with Gasteiger partial charge in [0.15, 0.2) is 0 Å². The molecule has 0 radical (unpaired) electrons. The summed E-state index contributed by atoms with van der Waals surface area (Å²) >= 11 is 0. The molecule has 0 spiro atoms. The zero-order valence-electron chi connectivity index (χ0n) is 13.7. The van der Waals surface area contributed by atoms with Gasteiger partial charge >= 0.3 is 0 Å². The fraction of sp³-hybridized carbons (Fsp3) is 0.263. The smallest absolute Gasteiger partial charge is 0.140 e. The summed E-state index contributed by atoms with van der Waals surface area (Å²) in [4.78, 5) is 9.40. The molecule has 0 saturated heterocycles. The lowest BCUT2D eigenvalue weighted by Gasteiger charge is -2.07. The molecule has 0 aliphatic carbocycles. The summed E-state index contributed by atoms with van der Waals surface area (Å²) in [6, 6.07) is 12.7. The van der Waals surface area contributed by atoms with Crippen molar-refractivity contribution in [1.29, 1.82) is 0 Å². The maximum absolute atomic E-state index is 4.82. The first-order valence-corrected chi connectivity index (χ1v) is 8.06. The van der Waals surface area contributed by atoms with Crippen LogP contribution in [0, 0.1) is 6.92 Å². The molecule has 2 aromatic heterocycles. The van der Waals surface area contributed by atoms with E-state index in [1.54, 1.807) is 0 Å². The van der Waals surface area contributed by atoms with Gasteiger partial charge in [0.2, 0.25) is 0 Å². The van der Waals surface area contributed by atoms with Gasteiger partial charge in [0.1, 0.15) is 5.82 Å². The van der Waals surface area contributed by atoms with Crippen molar-refractivity contribution in [3.63, 3.8) is 0 Å². The molecule has 0 aliphatic heterocycles. The Bertz CT molecular complexity index is 1010. The van der Waals surface area contributed by atoms with E-state index in [-0.39, 0.29) is 0 Å². The van der Waals surface area contributed by atoms with E-state index in [1.807, 2.05) is 12.4 Å². The van der Waals surface area contributed by atoms with E-state index in [1.165, 1.54) is 11.1 Å². The Morgan fingerprint density at radius 1 is 1.09 bits per heavy atom. The predicted octanol–water partition coefficient (Wildman–Crippen LogP) is 4.31. The molecule has 0 amide bonds. The number of rotatable bonds is 3. The minimum atomic E-state index is 0.988. The molecule has 4 heteroatoms. The second-order valence-corrected chi connectivity index (χ2v) is 6.08.